The Labute approximate surface area is 116 Å². The van der Waals surface area contributed by atoms with Gasteiger partial charge in [-0.2, -0.15) is 0 Å². The van der Waals surface area contributed by atoms with Gasteiger partial charge < -0.3 is 10.2 Å². The van der Waals surface area contributed by atoms with Gasteiger partial charge in [0.25, 0.3) is 0 Å². The van der Waals surface area contributed by atoms with Gasteiger partial charge in [-0.1, -0.05) is 33.1 Å². The number of aryl methyl sites for hydroxylation is 1. The quantitative estimate of drug-likeness (QED) is 0.855. The number of phenolic OH excluding ortho intramolecular Hbond substituents is 1. The van der Waals surface area contributed by atoms with Crippen molar-refractivity contribution in [2.24, 2.45) is 0 Å². The summed E-state index contributed by atoms with van der Waals surface area (Å²) in [6.45, 7) is 6.10. The van der Waals surface area contributed by atoms with Crippen molar-refractivity contribution in [3.63, 3.8) is 0 Å². The van der Waals surface area contributed by atoms with E-state index >= 15 is 0 Å². The van der Waals surface area contributed by atoms with Crippen LogP contribution in [-0.2, 0) is 11.8 Å². The first kappa shape index (κ1) is 14.4. The molecule has 2 nitrogen and oxygen atoms in total. The molecule has 0 bridgehead atoms. The van der Waals surface area contributed by atoms with E-state index in [4.69, 9.17) is 0 Å². The fourth-order valence-electron chi connectivity index (χ4n) is 3.29. The predicted molar refractivity (Wildman–Crippen MR) is 78.6 cm³/mol. The van der Waals surface area contributed by atoms with Crippen LogP contribution in [0.3, 0.4) is 0 Å². The van der Waals surface area contributed by atoms with Crippen LogP contribution in [0.4, 0.5) is 0 Å². The molecule has 0 aliphatic heterocycles. The Balaban J connectivity index is 2.51. The average molecular weight is 262 g/mol. The van der Waals surface area contributed by atoms with Crippen LogP contribution in [-0.4, -0.2) is 10.2 Å². The lowest BCUT2D eigenvalue weighted by molar-refractivity contribution is 0.198. The van der Waals surface area contributed by atoms with E-state index in [2.05, 4.69) is 6.92 Å². The summed E-state index contributed by atoms with van der Waals surface area (Å²) in [4.78, 5) is 0. The van der Waals surface area contributed by atoms with Gasteiger partial charge in [0, 0.05) is 5.56 Å². The number of aliphatic hydroxyl groups is 1. The normalized spacial score (nSPS) is 20.2. The molecule has 1 fully saturated rings. The van der Waals surface area contributed by atoms with Gasteiger partial charge in [0.1, 0.15) is 5.75 Å². The van der Waals surface area contributed by atoms with Crippen LogP contribution < -0.4 is 0 Å². The fraction of sp³-hybridized carbons (Fsp3) is 0.647. The number of aliphatic hydroxyl groups excluding tert-OH is 1. The van der Waals surface area contributed by atoms with Crippen LogP contribution in [0, 0.1) is 0 Å². The van der Waals surface area contributed by atoms with Crippen molar-refractivity contribution < 1.29 is 10.2 Å². The maximum atomic E-state index is 10.5. The Morgan fingerprint density at radius 1 is 1.21 bits per heavy atom. The second-order valence-corrected chi connectivity index (χ2v) is 6.23. The lowest BCUT2D eigenvalue weighted by atomic mass is 9.70. The van der Waals surface area contributed by atoms with E-state index in [0.29, 0.717) is 5.75 Å². The Bertz CT molecular complexity index is 443. The highest BCUT2D eigenvalue weighted by molar-refractivity contribution is 5.48. The van der Waals surface area contributed by atoms with Crippen LogP contribution >= 0.6 is 0 Å². The first-order valence-corrected chi connectivity index (χ1v) is 7.52. The third-order valence-electron chi connectivity index (χ3n) is 4.68. The molecule has 1 atom stereocenters. The predicted octanol–water partition coefficient (Wildman–Crippen LogP) is 4.23. The SMILES string of the molecule is CCc1cc(C(C)O)cc(C2(C)CCCCC2)c1O. The first-order valence-electron chi connectivity index (χ1n) is 7.52. The molecule has 1 aromatic rings. The van der Waals surface area contributed by atoms with Crippen molar-refractivity contribution in [3.8, 4) is 5.75 Å². The van der Waals surface area contributed by atoms with E-state index in [0.717, 1.165) is 36.0 Å². The summed E-state index contributed by atoms with van der Waals surface area (Å²) in [5, 5.41) is 20.4. The van der Waals surface area contributed by atoms with Crippen molar-refractivity contribution in [2.75, 3.05) is 0 Å². The molecule has 0 heterocycles. The minimum atomic E-state index is -0.475. The standard InChI is InChI=1S/C17H26O2/c1-4-13-10-14(12(2)18)11-15(16(13)19)17(3)8-6-5-7-9-17/h10-12,18-19H,4-9H2,1-3H3. The molecule has 1 aliphatic rings. The minimum Gasteiger partial charge on any atom is -0.507 e. The molecule has 0 aromatic heterocycles. The zero-order valence-electron chi connectivity index (χ0n) is 12.4. The molecule has 2 heteroatoms. The van der Waals surface area contributed by atoms with E-state index < -0.39 is 6.10 Å². The number of aromatic hydroxyl groups is 1. The highest BCUT2D eigenvalue weighted by Gasteiger charge is 2.32. The topological polar surface area (TPSA) is 40.5 Å². The van der Waals surface area contributed by atoms with Gasteiger partial charge in [0.2, 0.25) is 0 Å². The van der Waals surface area contributed by atoms with Crippen molar-refractivity contribution >= 4 is 0 Å². The average Bonchev–Trinajstić information content (AvgIpc) is 2.39. The zero-order chi connectivity index (χ0) is 14.0. The molecule has 0 spiro atoms. The van der Waals surface area contributed by atoms with Gasteiger partial charge >= 0.3 is 0 Å². The summed E-state index contributed by atoms with van der Waals surface area (Å²) in [7, 11) is 0. The van der Waals surface area contributed by atoms with Gasteiger partial charge in [-0.25, -0.2) is 0 Å². The monoisotopic (exact) mass is 262 g/mol. The lowest BCUT2D eigenvalue weighted by Gasteiger charge is -2.35. The number of rotatable bonds is 3. The third kappa shape index (κ3) is 2.79. The Kier molecular flexibility index (Phi) is 4.19. The summed E-state index contributed by atoms with van der Waals surface area (Å²) in [6.07, 6.45) is 6.35. The summed E-state index contributed by atoms with van der Waals surface area (Å²) in [5.41, 5.74) is 3.00. The molecule has 2 N–H and O–H groups in total. The summed E-state index contributed by atoms with van der Waals surface area (Å²) >= 11 is 0. The molecule has 1 aliphatic carbocycles. The minimum absolute atomic E-state index is 0.0666. The molecule has 2 rings (SSSR count). The molecule has 0 saturated heterocycles. The van der Waals surface area contributed by atoms with Crippen LogP contribution in [0.5, 0.6) is 5.75 Å². The summed E-state index contributed by atoms with van der Waals surface area (Å²) < 4.78 is 0. The van der Waals surface area contributed by atoms with Gasteiger partial charge in [0.15, 0.2) is 0 Å². The first-order chi connectivity index (χ1) is 8.98. The second kappa shape index (κ2) is 5.54. The van der Waals surface area contributed by atoms with Gasteiger partial charge in [-0.15, -0.1) is 0 Å². The van der Waals surface area contributed by atoms with E-state index in [9.17, 15) is 10.2 Å². The second-order valence-electron chi connectivity index (χ2n) is 6.23. The molecular weight excluding hydrogens is 236 g/mol. The summed E-state index contributed by atoms with van der Waals surface area (Å²) in [5.74, 6) is 0.455. The van der Waals surface area contributed by atoms with Crippen LogP contribution in [0.25, 0.3) is 0 Å². The van der Waals surface area contributed by atoms with E-state index in [1.54, 1.807) is 6.92 Å². The molecule has 0 radical (unpaired) electrons. The van der Waals surface area contributed by atoms with Crippen molar-refractivity contribution in [1.82, 2.24) is 0 Å². The van der Waals surface area contributed by atoms with Crippen LogP contribution in [0.2, 0.25) is 0 Å². The van der Waals surface area contributed by atoms with Crippen LogP contribution in [0.15, 0.2) is 12.1 Å². The Morgan fingerprint density at radius 2 is 1.84 bits per heavy atom. The Morgan fingerprint density at radius 3 is 2.37 bits per heavy atom. The summed E-state index contributed by atoms with van der Waals surface area (Å²) in [6, 6.07) is 3.96. The number of hydrogen-bond acceptors (Lipinski definition) is 2. The molecule has 19 heavy (non-hydrogen) atoms. The molecule has 0 amide bonds. The van der Waals surface area contributed by atoms with Gasteiger partial charge in [-0.05, 0) is 54.9 Å². The van der Waals surface area contributed by atoms with Crippen LogP contribution in [0.1, 0.15) is 75.7 Å². The van der Waals surface area contributed by atoms with E-state index in [-0.39, 0.29) is 5.41 Å². The van der Waals surface area contributed by atoms with Crippen molar-refractivity contribution in [1.29, 1.82) is 0 Å². The highest BCUT2D eigenvalue weighted by Crippen LogP contribution is 2.44. The lowest BCUT2D eigenvalue weighted by Crippen LogP contribution is -2.25. The fourth-order valence-corrected chi connectivity index (χ4v) is 3.29. The number of phenols is 1. The highest BCUT2D eigenvalue weighted by atomic mass is 16.3. The molecule has 1 saturated carbocycles. The Hall–Kier alpha value is -1.02. The maximum Gasteiger partial charge on any atom is 0.122 e. The molecule has 106 valence electrons. The van der Waals surface area contributed by atoms with Gasteiger partial charge in [0.05, 0.1) is 6.10 Å². The number of benzene rings is 1. The van der Waals surface area contributed by atoms with Gasteiger partial charge in [-0.3, -0.25) is 0 Å². The largest absolute Gasteiger partial charge is 0.507 e. The van der Waals surface area contributed by atoms with E-state index in [1.807, 2.05) is 19.1 Å². The zero-order valence-corrected chi connectivity index (χ0v) is 12.4. The number of hydrogen-bond donors (Lipinski definition) is 2. The molecule has 1 aromatic carbocycles. The van der Waals surface area contributed by atoms with Crippen molar-refractivity contribution in [2.45, 2.75) is 70.8 Å². The maximum absolute atomic E-state index is 10.5. The van der Waals surface area contributed by atoms with E-state index in [1.165, 1.54) is 19.3 Å². The molecular formula is C17H26O2. The molecule has 1 unspecified atom stereocenters. The third-order valence-corrected chi connectivity index (χ3v) is 4.68. The van der Waals surface area contributed by atoms with Crippen molar-refractivity contribution in [3.05, 3.63) is 28.8 Å². The smallest absolute Gasteiger partial charge is 0.122 e.